The van der Waals surface area contributed by atoms with Gasteiger partial charge >= 0.3 is 5.97 Å². The molecule has 3 aromatic rings. The molecule has 0 aliphatic heterocycles. The monoisotopic (exact) mass is 451 g/mol. The van der Waals surface area contributed by atoms with Crippen LogP contribution in [0, 0.1) is 17.2 Å². The minimum atomic E-state index is -0.867. The Morgan fingerprint density at radius 2 is 1.79 bits per heavy atom. The van der Waals surface area contributed by atoms with E-state index in [9.17, 15) is 19.1 Å². The average Bonchev–Trinajstić information content (AvgIpc) is 2.75. The quantitative estimate of drug-likeness (QED) is 0.444. The molecule has 3 rings (SSSR count). The number of carboxylic acid groups (broad SMARTS) is 1. The number of aliphatic carboxylic acids is 1. The van der Waals surface area contributed by atoms with Crippen molar-refractivity contribution < 1.29 is 19.1 Å². The van der Waals surface area contributed by atoms with Crippen molar-refractivity contribution in [3.63, 3.8) is 0 Å². The fraction of sp³-hybridized carbons (Fsp3) is 0.346. The molecular weight excluding hydrogens is 421 g/mol. The number of nitrogens with one attached hydrogen (secondary N) is 2. The number of anilines is 1. The molecule has 2 unspecified atom stereocenters. The van der Waals surface area contributed by atoms with Gasteiger partial charge in [-0.25, -0.2) is 4.39 Å². The van der Waals surface area contributed by atoms with Gasteiger partial charge in [0.2, 0.25) is 5.91 Å². The molecule has 0 aliphatic rings. The van der Waals surface area contributed by atoms with Crippen LogP contribution in [-0.4, -0.2) is 34.6 Å². The summed E-state index contributed by atoms with van der Waals surface area (Å²) >= 11 is 0. The summed E-state index contributed by atoms with van der Waals surface area (Å²) in [4.78, 5) is 28.4. The van der Waals surface area contributed by atoms with Crippen molar-refractivity contribution in [2.24, 2.45) is 11.3 Å². The summed E-state index contributed by atoms with van der Waals surface area (Å²) in [5.74, 6) is -1.92. The maximum absolute atomic E-state index is 13.3. The Morgan fingerprint density at radius 1 is 1.09 bits per heavy atom. The predicted octanol–water partition coefficient (Wildman–Crippen LogP) is 5.09. The van der Waals surface area contributed by atoms with E-state index in [4.69, 9.17) is 0 Å². The summed E-state index contributed by atoms with van der Waals surface area (Å²) < 4.78 is 13.3. The van der Waals surface area contributed by atoms with Crippen LogP contribution in [0.3, 0.4) is 0 Å². The van der Waals surface area contributed by atoms with Gasteiger partial charge in [-0.3, -0.25) is 14.6 Å². The lowest BCUT2D eigenvalue weighted by Crippen LogP contribution is -2.48. The van der Waals surface area contributed by atoms with Gasteiger partial charge in [-0.1, -0.05) is 39.8 Å². The maximum atomic E-state index is 13.3. The summed E-state index contributed by atoms with van der Waals surface area (Å²) in [6.45, 7) is 7.97. The highest BCUT2D eigenvalue weighted by atomic mass is 19.1. The molecule has 0 aliphatic carbocycles. The van der Waals surface area contributed by atoms with E-state index in [-0.39, 0.29) is 29.6 Å². The summed E-state index contributed by atoms with van der Waals surface area (Å²) in [5, 5.41) is 16.4. The van der Waals surface area contributed by atoms with Crippen molar-refractivity contribution >= 4 is 28.5 Å². The largest absolute Gasteiger partial charge is 0.481 e. The van der Waals surface area contributed by atoms with E-state index in [2.05, 4.69) is 15.6 Å². The third-order valence-electron chi connectivity index (χ3n) is 5.72. The van der Waals surface area contributed by atoms with Gasteiger partial charge in [-0.05, 0) is 52.9 Å². The van der Waals surface area contributed by atoms with E-state index < -0.39 is 11.9 Å². The lowest BCUT2D eigenvalue weighted by atomic mass is 9.79. The molecule has 0 saturated carbocycles. The fourth-order valence-corrected chi connectivity index (χ4v) is 4.05. The molecule has 1 aromatic heterocycles. The number of benzene rings is 2. The second-order valence-corrected chi connectivity index (χ2v) is 9.32. The number of fused-ring (bicyclic) bond motifs is 1. The molecule has 0 bridgehead atoms. The third-order valence-corrected chi connectivity index (χ3v) is 5.72. The Labute approximate surface area is 193 Å². The first kappa shape index (κ1) is 24.3. The smallest absolute Gasteiger partial charge is 0.307 e. The van der Waals surface area contributed by atoms with Gasteiger partial charge in [0.1, 0.15) is 5.82 Å². The van der Waals surface area contributed by atoms with Crippen LogP contribution >= 0.6 is 0 Å². The molecule has 0 radical (unpaired) electrons. The zero-order valence-corrected chi connectivity index (χ0v) is 19.4. The number of carbonyl (C=O) groups is 2. The van der Waals surface area contributed by atoms with Gasteiger partial charge in [0.05, 0.1) is 11.4 Å². The first-order valence-corrected chi connectivity index (χ1v) is 11.0. The number of pyridine rings is 1. The van der Waals surface area contributed by atoms with Gasteiger partial charge in [-0.2, -0.15) is 0 Å². The van der Waals surface area contributed by atoms with Crippen LogP contribution in [0.25, 0.3) is 22.0 Å². The van der Waals surface area contributed by atoms with Crippen LogP contribution in [0.15, 0.2) is 54.7 Å². The van der Waals surface area contributed by atoms with E-state index in [0.717, 1.165) is 22.0 Å². The number of carboxylic acids is 1. The topological polar surface area (TPSA) is 91.3 Å². The van der Waals surface area contributed by atoms with Crippen molar-refractivity contribution in [3.8, 4) is 11.1 Å². The number of nitrogens with zero attached hydrogens (tertiary/aromatic N) is 1. The lowest BCUT2D eigenvalue weighted by Gasteiger charge is -2.34. The summed E-state index contributed by atoms with van der Waals surface area (Å²) in [6, 6.07) is 13.3. The average molecular weight is 452 g/mol. The zero-order chi connectivity index (χ0) is 24.2. The van der Waals surface area contributed by atoms with Gasteiger partial charge in [-0.15, -0.1) is 0 Å². The van der Waals surface area contributed by atoms with Crippen LogP contribution in [0.1, 0.15) is 34.1 Å². The number of hydrogen-bond donors (Lipinski definition) is 3. The van der Waals surface area contributed by atoms with Crippen LogP contribution < -0.4 is 10.6 Å². The Kier molecular flexibility index (Phi) is 7.43. The Bertz CT molecular complexity index is 1140. The number of halogens is 1. The molecule has 3 N–H and O–H groups in total. The molecule has 0 fully saturated rings. The molecule has 7 heteroatoms. The van der Waals surface area contributed by atoms with Crippen molar-refractivity contribution in [2.45, 2.75) is 40.2 Å². The highest BCUT2D eigenvalue weighted by Crippen LogP contribution is 2.30. The predicted molar refractivity (Wildman–Crippen MR) is 128 cm³/mol. The van der Waals surface area contributed by atoms with Gasteiger partial charge in [0, 0.05) is 36.3 Å². The fourth-order valence-electron chi connectivity index (χ4n) is 4.05. The SMILES string of the molecule is CC(C(=O)O)C(NCCC(=O)Nc1ccc2nccc(-c3ccc(F)cc3)c2c1)C(C)(C)C. The minimum Gasteiger partial charge on any atom is -0.481 e. The number of rotatable bonds is 8. The van der Waals surface area contributed by atoms with Crippen molar-refractivity contribution in [3.05, 3.63) is 60.5 Å². The van der Waals surface area contributed by atoms with Crippen LogP contribution in [0.5, 0.6) is 0 Å². The molecule has 2 aromatic carbocycles. The van der Waals surface area contributed by atoms with Gasteiger partial charge in [0.15, 0.2) is 0 Å². The number of aromatic nitrogens is 1. The molecule has 0 spiro atoms. The normalized spacial score (nSPS) is 13.5. The number of hydrogen-bond acceptors (Lipinski definition) is 4. The van der Waals surface area contributed by atoms with Gasteiger partial charge < -0.3 is 15.7 Å². The molecule has 2 atom stereocenters. The highest BCUT2D eigenvalue weighted by Gasteiger charge is 2.33. The first-order valence-electron chi connectivity index (χ1n) is 11.0. The highest BCUT2D eigenvalue weighted by molar-refractivity contribution is 5.99. The summed E-state index contributed by atoms with van der Waals surface area (Å²) in [6.07, 6.45) is 1.91. The van der Waals surface area contributed by atoms with Crippen molar-refractivity contribution in [1.29, 1.82) is 0 Å². The third kappa shape index (κ3) is 6.14. The molecular formula is C26H30FN3O3. The van der Waals surface area contributed by atoms with E-state index in [1.165, 1.54) is 12.1 Å². The van der Waals surface area contributed by atoms with E-state index in [0.29, 0.717) is 12.2 Å². The van der Waals surface area contributed by atoms with Crippen LogP contribution in [0.4, 0.5) is 10.1 Å². The van der Waals surface area contributed by atoms with Gasteiger partial charge in [0.25, 0.3) is 0 Å². The maximum Gasteiger partial charge on any atom is 0.307 e. The molecule has 0 saturated heterocycles. The van der Waals surface area contributed by atoms with Crippen molar-refractivity contribution in [2.75, 3.05) is 11.9 Å². The minimum absolute atomic E-state index is 0.176. The van der Waals surface area contributed by atoms with Crippen LogP contribution in [-0.2, 0) is 9.59 Å². The standard InChI is InChI=1S/C26H30FN3O3/c1-16(25(32)33)24(26(2,3)4)29-14-12-23(31)30-19-9-10-22-21(15-19)20(11-13-28-22)17-5-7-18(27)8-6-17/h5-11,13,15-16,24,29H,12,14H2,1-4H3,(H,30,31)(H,32,33). The van der Waals surface area contributed by atoms with E-state index >= 15 is 0 Å². The molecule has 33 heavy (non-hydrogen) atoms. The molecule has 174 valence electrons. The first-order chi connectivity index (χ1) is 15.6. The number of carbonyl (C=O) groups excluding carboxylic acids is 1. The molecule has 6 nitrogen and oxygen atoms in total. The van der Waals surface area contributed by atoms with Crippen LogP contribution in [0.2, 0.25) is 0 Å². The Balaban J connectivity index is 1.70. The second-order valence-electron chi connectivity index (χ2n) is 9.32. The molecule has 1 amide bonds. The van der Waals surface area contributed by atoms with E-state index in [1.54, 1.807) is 31.3 Å². The Hall–Kier alpha value is -3.32. The Morgan fingerprint density at radius 3 is 2.42 bits per heavy atom. The summed E-state index contributed by atoms with van der Waals surface area (Å²) in [5.41, 5.74) is 2.89. The van der Waals surface area contributed by atoms with E-state index in [1.807, 2.05) is 39.0 Å². The molecule has 1 heterocycles. The summed E-state index contributed by atoms with van der Waals surface area (Å²) in [7, 11) is 0. The number of amides is 1. The second kappa shape index (κ2) is 10.1. The van der Waals surface area contributed by atoms with Crippen molar-refractivity contribution in [1.82, 2.24) is 10.3 Å². The zero-order valence-electron chi connectivity index (χ0n) is 19.4. The lowest BCUT2D eigenvalue weighted by molar-refractivity contribution is -0.143.